The molecule has 1 amide bonds. The number of ether oxygens (including phenoxy) is 1. The number of hydrogen-bond acceptors (Lipinski definition) is 9. The minimum absolute atomic E-state index is 0.134. The maximum Gasteiger partial charge on any atom is 0.296 e. The van der Waals surface area contributed by atoms with E-state index < -0.39 is 12.2 Å². The lowest BCUT2D eigenvalue weighted by Crippen LogP contribution is -2.72. The van der Waals surface area contributed by atoms with Crippen molar-refractivity contribution in [2.24, 2.45) is 5.41 Å². The van der Waals surface area contributed by atoms with E-state index in [0.29, 0.717) is 55.8 Å². The number of aromatic nitrogens is 5. The van der Waals surface area contributed by atoms with Gasteiger partial charge in [-0.15, -0.1) is 0 Å². The van der Waals surface area contributed by atoms with Crippen LogP contribution < -0.4 is 15.1 Å². The van der Waals surface area contributed by atoms with Crippen LogP contribution in [0.3, 0.4) is 0 Å². The molecule has 1 aromatic carbocycles. The molecule has 1 spiro atoms. The van der Waals surface area contributed by atoms with Crippen molar-refractivity contribution < 1.29 is 18.3 Å². The predicted octanol–water partition coefficient (Wildman–Crippen LogP) is 1.41. The average Bonchev–Trinajstić information content (AvgIpc) is 3.29. The summed E-state index contributed by atoms with van der Waals surface area (Å²) in [7, 11) is 0. The van der Waals surface area contributed by atoms with E-state index in [2.05, 4.69) is 36.6 Å². The van der Waals surface area contributed by atoms with Gasteiger partial charge < -0.3 is 24.8 Å². The van der Waals surface area contributed by atoms with Gasteiger partial charge in [-0.1, -0.05) is 18.7 Å². The standard InChI is InChI=1S/C25H29F2N9O2/c1-2-19(37)28-7-8-33-13-25(14-33)15-35(16-25)23-30-22(34-9-11-38-12-10-34)31-24(32-23)36-18-6-4-3-5-17(18)29-21(36)20(26)27/h2-6,20H,1,7-16H2,(H,28,37). The van der Waals surface area contributed by atoms with Gasteiger partial charge in [0.2, 0.25) is 23.8 Å². The highest BCUT2D eigenvalue weighted by Gasteiger charge is 2.52. The molecule has 1 N–H and O–H groups in total. The van der Waals surface area contributed by atoms with E-state index in [1.54, 1.807) is 24.3 Å². The number of para-hydroxylation sites is 2. The molecule has 11 nitrogen and oxygen atoms in total. The zero-order valence-electron chi connectivity index (χ0n) is 20.9. The van der Waals surface area contributed by atoms with Crippen LogP contribution in [0.15, 0.2) is 36.9 Å². The number of carbonyl (C=O) groups excluding carboxylic acids is 1. The number of amides is 1. The Hall–Kier alpha value is -3.71. The fourth-order valence-corrected chi connectivity index (χ4v) is 5.47. The van der Waals surface area contributed by atoms with Crippen LogP contribution in [0.25, 0.3) is 17.0 Å². The number of carbonyl (C=O) groups is 1. The molecular weight excluding hydrogens is 496 g/mol. The summed E-state index contributed by atoms with van der Waals surface area (Å²) >= 11 is 0. The van der Waals surface area contributed by atoms with E-state index >= 15 is 0 Å². The molecule has 0 aliphatic carbocycles. The Kier molecular flexibility index (Phi) is 6.40. The van der Waals surface area contributed by atoms with Gasteiger partial charge in [0.1, 0.15) is 0 Å². The van der Waals surface area contributed by atoms with Crippen molar-refractivity contribution >= 4 is 28.8 Å². The molecule has 0 bridgehead atoms. The second-order valence-electron chi connectivity index (χ2n) is 9.99. The Bertz CT molecular complexity index is 1340. The molecule has 38 heavy (non-hydrogen) atoms. The van der Waals surface area contributed by atoms with Gasteiger partial charge in [-0.25, -0.2) is 13.8 Å². The van der Waals surface area contributed by atoms with E-state index in [9.17, 15) is 13.6 Å². The van der Waals surface area contributed by atoms with Gasteiger partial charge in [-0.2, -0.15) is 15.0 Å². The summed E-state index contributed by atoms with van der Waals surface area (Å²) in [6, 6.07) is 6.99. The summed E-state index contributed by atoms with van der Waals surface area (Å²) < 4.78 is 34.9. The van der Waals surface area contributed by atoms with Crippen molar-refractivity contribution in [3.05, 3.63) is 42.7 Å². The first-order valence-corrected chi connectivity index (χ1v) is 12.7. The molecule has 2 aromatic heterocycles. The Balaban J connectivity index is 1.25. The number of nitrogens with one attached hydrogen (secondary N) is 1. The van der Waals surface area contributed by atoms with Crippen LogP contribution in [-0.4, -0.2) is 101 Å². The van der Waals surface area contributed by atoms with Gasteiger partial charge in [0.15, 0.2) is 5.82 Å². The number of likely N-dealkylation sites (tertiary alicyclic amines) is 1. The van der Waals surface area contributed by atoms with Gasteiger partial charge in [-0.3, -0.25) is 9.36 Å². The van der Waals surface area contributed by atoms with Crippen molar-refractivity contribution in [3.8, 4) is 5.95 Å². The van der Waals surface area contributed by atoms with Crippen molar-refractivity contribution in [3.63, 3.8) is 0 Å². The summed E-state index contributed by atoms with van der Waals surface area (Å²) in [6.45, 7) is 10.5. The number of morpholine rings is 1. The zero-order chi connectivity index (χ0) is 26.3. The Morgan fingerprint density at radius 1 is 1.03 bits per heavy atom. The molecule has 13 heteroatoms. The van der Waals surface area contributed by atoms with Crippen LogP contribution in [0.1, 0.15) is 12.2 Å². The third-order valence-electron chi connectivity index (χ3n) is 7.24. The van der Waals surface area contributed by atoms with Gasteiger partial charge in [0, 0.05) is 57.8 Å². The molecule has 5 heterocycles. The second kappa shape index (κ2) is 9.87. The van der Waals surface area contributed by atoms with Crippen LogP contribution >= 0.6 is 0 Å². The lowest BCUT2D eigenvalue weighted by atomic mass is 9.73. The quantitative estimate of drug-likeness (QED) is 0.437. The van der Waals surface area contributed by atoms with Crippen LogP contribution in [-0.2, 0) is 9.53 Å². The number of halogens is 2. The number of nitrogens with zero attached hydrogens (tertiary/aromatic N) is 8. The van der Waals surface area contributed by atoms with Crippen molar-refractivity contribution in [1.82, 2.24) is 34.7 Å². The molecular formula is C25H29F2N9O2. The van der Waals surface area contributed by atoms with Crippen LogP contribution in [0, 0.1) is 5.41 Å². The van der Waals surface area contributed by atoms with Crippen LogP contribution in [0.2, 0.25) is 0 Å². The number of imidazole rings is 1. The molecule has 0 radical (unpaired) electrons. The topological polar surface area (TPSA) is 105 Å². The van der Waals surface area contributed by atoms with E-state index in [4.69, 9.17) is 9.72 Å². The number of fused-ring (bicyclic) bond motifs is 1. The molecule has 0 atom stereocenters. The molecule has 0 saturated carbocycles. The number of benzene rings is 1. The SMILES string of the molecule is C=CC(=O)NCCN1CC2(C1)CN(c1nc(N3CCOCC3)nc(-n3c(C(F)F)nc4ccccc43)n1)C2. The van der Waals surface area contributed by atoms with Crippen LogP contribution in [0.4, 0.5) is 20.7 Å². The molecule has 3 aliphatic rings. The van der Waals surface area contributed by atoms with Crippen molar-refractivity contribution in [2.45, 2.75) is 6.43 Å². The monoisotopic (exact) mass is 525 g/mol. The molecule has 3 saturated heterocycles. The third kappa shape index (κ3) is 4.56. The minimum Gasteiger partial charge on any atom is -0.378 e. The highest BCUT2D eigenvalue weighted by Crippen LogP contribution is 2.41. The number of alkyl halides is 2. The Morgan fingerprint density at radius 2 is 1.71 bits per heavy atom. The predicted molar refractivity (Wildman–Crippen MR) is 137 cm³/mol. The molecule has 200 valence electrons. The average molecular weight is 526 g/mol. The summed E-state index contributed by atoms with van der Waals surface area (Å²) in [5.74, 6) is 0.485. The normalized spacial score (nSPS) is 19.0. The van der Waals surface area contributed by atoms with Crippen molar-refractivity contribution in [2.75, 3.05) is 75.4 Å². The first kappa shape index (κ1) is 24.6. The molecule has 3 fully saturated rings. The fraction of sp³-hybridized carbons (Fsp3) is 0.480. The summed E-state index contributed by atoms with van der Waals surface area (Å²) in [5.41, 5.74) is 1.12. The maximum absolute atomic E-state index is 14.1. The van der Waals surface area contributed by atoms with Gasteiger partial charge in [-0.05, 0) is 18.2 Å². The third-order valence-corrected chi connectivity index (χ3v) is 7.24. The van der Waals surface area contributed by atoms with E-state index in [-0.39, 0.29) is 17.3 Å². The zero-order valence-corrected chi connectivity index (χ0v) is 20.9. The number of rotatable bonds is 8. The van der Waals surface area contributed by atoms with Crippen LogP contribution in [0.5, 0.6) is 0 Å². The maximum atomic E-state index is 14.1. The molecule has 3 aromatic rings. The second-order valence-corrected chi connectivity index (χ2v) is 9.99. The lowest BCUT2D eigenvalue weighted by Gasteiger charge is -2.60. The van der Waals surface area contributed by atoms with E-state index in [1.165, 1.54) is 10.6 Å². The largest absolute Gasteiger partial charge is 0.378 e. The summed E-state index contributed by atoms with van der Waals surface area (Å²) in [4.78, 5) is 35.9. The summed E-state index contributed by atoms with van der Waals surface area (Å²) in [6.07, 6.45) is -1.52. The molecule has 0 unspecified atom stereocenters. The van der Waals surface area contributed by atoms with Crippen molar-refractivity contribution in [1.29, 1.82) is 0 Å². The number of hydrogen-bond donors (Lipinski definition) is 1. The summed E-state index contributed by atoms with van der Waals surface area (Å²) in [5, 5.41) is 2.80. The number of anilines is 2. The van der Waals surface area contributed by atoms with Gasteiger partial charge in [0.25, 0.3) is 6.43 Å². The molecule has 6 rings (SSSR count). The smallest absolute Gasteiger partial charge is 0.296 e. The van der Waals surface area contributed by atoms with E-state index in [0.717, 1.165) is 32.7 Å². The highest BCUT2D eigenvalue weighted by molar-refractivity contribution is 5.86. The minimum atomic E-state index is -2.79. The Morgan fingerprint density at radius 3 is 2.42 bits per heavy atom. The first-order chi connectivity index (χ1) is 18.4. The Labute approximate surface area is 218 Å². The molecule has 3 aliphatic heterocycles. The first-order valence-electron chi connectivity index (χ1n) is 12.7. The fourth-order valence-electron chi connectivity index (χ4n) is 5.47. The lowest BCUT2D eigenvalue weighted by molar-refractivity contribution is -0.116. The van der Waals surface area contributed by atoms with Gasteiger partial charge in [0.05, 0.1) is 24.2 Å². The van der Waals surface area contributed by atoms with Gasteiger partial charge >= 0.3 is 0 Å². The highest BCUT2D eigenvalue weighted by atomic mass is 19.3. The van der Waals surface area contributed by atoms with E-state index in [1.807, 2.05) is 4.90 Å².